The number of amides is 1. The minimum atomic E-state index is -0.0920. The predicted molar refractivity (Wildman–Crippen MR) is 75.2 cm³/mol. The van der Waals surface area contributed by atoms with Crippen molar-refractivity contribution in [3.63, 3.8) is 0 Å². The SMILES string of the molecule is NNC(=O)CCCCSc1cc2ccccc2[nH]1. The maximum absolute atomic E-state index is 10.9. The van der Waals surface area contributed by atoms with Gasteiger partial charge in [0.05, 0.1) is 5.03 Å². The van der Waals surface area contributed by atoms with Crippen molar-refractivity contribution in [1.29, 1.82) is 0 Å². The molecule has 18 heavy (non-hydrogen) atoms. The van der Waals surface area contributed by atoms with E-state index in [1.165, 1.54) is 15.9 Å². The fourth-order valence-electron chi connectivity index (χ4n) is 1.77. The maximum Gasteiger partial charge on any atom is 0.233 e. The Kier molecular flexibility index (Phi) is 4.66. The lowest BCUT2D eigenvalue weighted by molar-refractivity contribution is -0.121. The van der Waals surface area contributed by atoms with Crippen LogP contribution in [-0.2, 0) is 4.79 Å². The second-order valence-electron chi connectivity index (χ2n) is 4.09. The highest BCUT2D eigenvalue weighted by atomic mass is 32.2. The number of fused-ring (bicyclic) bond motifs is 1. The van der Waals surface area contributed by atoms with Crippen LogP contribution in [0, 0.1) is 0 Å². The van der Waals surface area contributed by atoms with Gasteiger partial charge in [0.1, 0.15) is 0 Å². The van der Waals surface area contributed by atoms with E-state index in [9.17, 15) is 4.79 Å². The number of unbranched alkanes of at least 4 members (excludes halogenated alkanes) is 1. The largest absolute Gasteiger partial charge is 0.350 e. The molecule has 0 radical (unpaired) electrons. The summed E-state index contributed by atoms with van der Waals surface area (Å²) in [5.41, 5.74) is 3.31. The van der Waals surface area contributed by atoms with Crippen molar-refractivity contribution in [1.82, 2.24) is 10.4 Å². The Balaban J connectivity index is 1.75. The molecule has 0 spiro atoms. The lowest BCUT2D eigenvalue weighted by Crippen LogP contribution is -2.29. The molecule has 0 atom stereocenters. The van der Waals surface area contributed by atoms with Gasteiger partial charge >= 0.3 is 0 Å². The highest BCUT2D eigenvalue weighted by molar-refractivity contribution is 7.99. The first-order valence-electron chi connectivity index (χ1n) is 5.99. The number of para-hydroxylation sites is 1. The van der Waals surface area contributed by atoms with Gasteiger partial charge in [-0.25, -0.2) is 5.84 Å². The van der Waals surface area contributed by atoms with Crippen molar-refractivity contribution in [2.24, 2.45) is 5.84 Å². The summed E-state index contributed by atoms with van der Waals surface area (Å²) >= 11 is 1.79. The minimum Gasteiger partial charge on any atom is -0.350 e. The van der Waals surface area contributed by atoms with E-state index in [2.05, 4.69) is 28.6 Å². The van der Waals surface area contributed by atoms with Gasteiger partial charge in [0.2, 0.25) is 5.91 Å². The number of nitrogens with one attached hydrogen (secondary N) is 2. The van der Waals surface area contributed by atoms with Crippen LogP contribution in [0.3, 0.4) is 0 Å². The Morgan fingerprint density at radius 2 is 2.17 bits per heavy atom. The van der Waals surface area contributed by atoms with E-state index >= 15 is 0 Å². The first-order chi connectivity index (χ1) is 8.79. The third kappa shape index (κ3) is 3.51. The molecule has 4 nitrogen and oxygen atoms in total. The molecular formula is C13H17N3OS. The molecule has 0 aliphatic rings. The lowest BCUT2D eigenvalue weighted by atomic mass is 10.2. The average Bonchev–Trinajstić information content (AvgIpc) is 2.80. The number of nitrogens with two attached hydrogens (primary N) is 1. The fourth-order valence-corrected chi connectivity index (χ4v) is 2.73. The van der Waals surface area contributed by atoms with Crippen LogP contribution in [0.2, 0.25) is 0 Å². The zero-order valence-corrected chi connectivity index (χ0v) is 10.9. The number of carbonyl (C=O) groups is 1. The normalized spacial score (nSPS) is 10.7. The van der Waals surface area contributed by atoms with Crippen LogP contribution in [0.4, 0.5) is 0 Å². The lowest BCUT2D eigenvalue weighted by Gasteiger charge is -1.99. The van der Waals surface area contributed by atoms with Crippen LogP contribution < -0.4 is 11.3 Å². The second-order valence-corrected chi connectivity index (χ2v) is 5.23. The monoisotopic (exact) mass is 263 g/mol. The van der Waals surface area contributed by atoms with Gasteiger partial charge in [-0.3, -0.25) is 10.2 Å². The van der Waals surface area contributed by atoms with E-state index in [-0.39, 0.29) is 5.91 Å². The van der Waals surface area contributed by atoms with Crippen molar-refractivity contribution < 1.29 is 4.79 Å². The summed E-state index contributed by atoms with van der Waals surface area (Å²) in [5.74, 6) is 5.92. The summed E-state index contributed by atoms with van der Waals surface area (Å²) < 4.78 is 0. The predicted octanol–water partition coefficient (Wildman–Crippen LogP) is 2.42. The molecule has 0 bridgehead atoms. The van der Waals surface area contributed by atoms with Gasteiger partial charge in [-0.2, -0.15) is 0 Å². The molecule has 2 rings (SSSR count). The summed E-state index contributed by atoms with van der Waals surface area (Å²) in [6, 6.07) is 10.4. The van der Waals surface area contributed by atoms with E-state index in [0.29, 0.717) is 6.42 Å². The third-order valence-electron chi connectivity index (χ3n) is 2.72. The standard InChI is InChI=1S/C13H17N3OS/c14-16-12(17)7-3-4-8-18-13-9-10-5-1-2-6-11(10)15-13/h1-2,5-6,9,15H,3-4,7-8,14H2,(H,16,17). The molecule has 1 amide bonds. The first-order valence-corrected chi connectivity index (χ1v) is 6.98. The minimum absolute atomic E-state index is 0.0920. The summed E-state index contributed by atoms with van der Waals surface area (Å²) in [6.45, 7) is 0. The summed E-state index contributed by atoms with van der Waals surface area (Å²) in [7, 11) is 0. The Hall–Kier alpha value is -1.46. The molecule has 0 aliphatic carbocycles. The van der Waals surface area contributed by atoms with Crippen LogP contribution in [0.25, 0.3) is 10.9 Å². The van der Waals surface area contributed by atoms with Gasteiger partial charge < -0.3 is 4.98 Å². The van der Waals surface area contributed by atoms with E-state index < -0.39 is 0 Å². The first kappa shape index (κ1) is 13.0. The van der Waals surface area contributed by atoms with Crippen molar-refractivity contribution in [2.45, 2.75) is 24.3 Å². The number of aromatic amines is 1. The Morgan fingerprint density at radius 3 is 2.94 bits per heavy atom. The van der Waals surface area contributed by atoms with Crippen molar-refractivity contribution in [3.05, 3.63) is 30.3 Å². The number of hydrogen-bond acceptors (Lipinski definition) is 3. The molecule has 96 valence electrons. The molecule has 2 aromatic rings. The molecule has 0 unspecified atom stereocenters. The molecule has 1 aromatic heterocycles. The zero-order valence-electron chi connectivity index (χ0n) is 10.1. The summed E-state index contributed by atoms with van der Waals surface area (Å²) in [4.78, 5) is 14.3. The molecule has 0 fully saturated rings. The number of aromatic nitrogens is 1. The van der Waals surface area contributed by atoms with E-state index in [1.54, 1.807) is 11.8 Å². The van der Waals surface area contributed by atoms with Crippen LogP contribution in [0.15, 0.2) is 35.4 Å². The molecule has 0 aliphatic heterocycles. The van der Waals surface area contributed by atoms with Crippen molar-refractivity contribution in [3.8, 4) is 0 Å². The highest BCUT2D eigenvalue weighted by Crippen LogP contribution is 2.23. The van der Waals surface area contributed by atoms with Gasteiger partial charge in [-0.1, -0.05) is 18.2 Å². The smallest absolute Gasteiger partial charge is 0.233 e. The Morgan fingerprint density at radius 1 is 1.33 bits per heavy atom. The molecule has 4 N–H and O–H groups in total. The van der Waals surface area contributed by atoms with Crippen LogP contribution in [0.5, 0.6) is 0 Å². The molecule has 1 heterocycles. The van der Waals surface area contributed by atoms with Crippen molar-refractivity contribution in [2.75, 3.05) is 5.75 Å². The van der Waals surface area contributed by atoms with E-state index in [0.717, 1.165) is 18.6 Å². The van der Waals surface area contributed by atoms with Gasteiger partial charge in [0, 0.05) is 17.3 Å². The Labute approximate surface area is 110 Å². The number of thioether (sulfide) groups is 1. The van der Waals surface area contributed by atoms with Crippen LogP contribution in [0.1, 0.15) is 19.3 Å². The van der Waals surface area contributed by atoms with E-state index in [1.807, 2.05) is 12.1 Å². The molecule has 5 heteroatoms. The average molecular weight is 263 g/mol. The second kappa shape index (κ2) is 6.47. The fraction of sp³-hybridized carbons (Fsp3) is 0.308. The van der Waals surface area contributed by atoms with Gasteiger partial charge in [0.15, 0.2) is 0 Å². The number of hydrogen-bond donors (Lipinski definition) is 3. The summed E-state index contributed by atoms with van der Waals surface area (Å²) in [5, 5.41) is 2.42. The van der Waals surface area contributed by atoms with Gasteiger partial charge in [0.25, 0.3) is 0 Å². The quantitative estimate of drug-likeness (QED) is 0.246. The van der Waals surface area contributed by atoms with Gasteiger partial charge in [-0.15, -0.1) is 11.8 Å². The number of hydrazine groups is 1. The van der Waals surface area contributed by atoms with Crippen LogP contribution in [-0.4, -0.2) is 16.6 Å². The third-order valence-corrected chi connectivity index (χ3v) is 3.75. The highest BCUT2D eigenvalue weighted by Gasteiger charge is 2.01. The number of carbonyl (C=O) groups excluding carboxylic acids is 1. The van der Waals surface area contributed by atoms with E-state index in [4.69, 9.17) is 5.84 Å². The zero-order chi connectivity index (χ0) is 12.8. The summed E-state index contributed by atoms with van der Waals surface area (Å²) in [6.07, 6.45) is 2.38. The molecular weight excluding hydrogens is 246 g/mol. The van der Waals surface area contributed by atoms with Gasteiger partial charge in [-0.05, 0) is 30.7 Å². The van der Waals surface area contributed by atoms with Crippen LogP contribution >= 0.6 is 11.8 Å². The topological polar surface area (TPSA) is 70.9 Å². The number of H-pyrrole nitrogens is 1. The molecule has 0 saturated carbocycles. The molecule has 0 saturated heterocycles. The number of benzene rings is 1. The molecule has 1 aromatic carbocycles. The number of rotatable bonds is 6. The maximum atomic E-state index is 10.9. The Bertz CT molecular complexity index is 491. The van der Waals surface area contributed by atoms with Crippen molar-refractivity contribution >= 4 is 28.6 Å².